The Kier molecular flexibility index (Phi) is 3.06. The van der Waals surface area contributed by atoms with E-state index in [1.165, 1.54) is 22.2 Å². The lowest BCUT2D eigenvalue weighted by molar-refractivity contribution is 0.709. The van der Waals surface area contributed by atoms with E-state index in [-0.39, 0.29) is 0 Å². The maximum absolute atomic E-state index is 5.73. The van der Waals surface area contributed by atoms with Crippen LogP contribution in [0.2, 0.25) is 0 Å². The number of hydrogen-bond donors (Lipinski definition) is 1. The van der Waals surface area contributed by atoms with Crippen LogP contribution in [0.15, 0.2) is 24.4 Å². The van der Waals surface area contributed by atoms with Crippen molar-refractivity contribution in [3.63, 3.8) is 0 Å². The zero-order valence-electron chi connectivity index (χ0n) is 12.1. The van der Waals surface area contributed by atoms with E-state index in [9.17, 15) is 0 Å². The molecule has 5 heteroatoms. The van der Waals surface area contributed by atoms with Crippen LogP contribution in [0.3, 0.4) is 0 Å². The molecule has 0 amide bonds. The minimum absolute atomic E-state index is 0.573. The lowest BCUT2D eigenvalue weighted by atomic mass is 10.1. The van der Waals surface area contributed by atoms with E-state index in [0.29, 0.717) is 6.54 Å². The predicted octanol–water partition coefficient (Wildman–Crippen LogP) is 1.89. The molecular formula is C15H19N5. The molecule has 0 fully saturated rings. The monoisotopic (exact) mass is 269 g/mol. The van der Waals surface area contributed by atoms with Crippen LogP contribution < -0.4 is 5.73 Å². The first-order valence-corrected chi connectivity index (χ1v) is 6.73. The smallest absolute Gasteiger partial charge is 0.102 e. The van der Waals surface area contributed by atoms with Crippen LogP contribution in [0.5, 0.6) is 0 Å². The van der Waals surface area contributed by atoms with Gasteiger partial charge in [0.15, 0.2) is 0 Å². The van der Waals surface area contributed by atoms with Crippen LogP contribution in [0.25, 0.3) is 10.9 Å². The van der Waals surface area contributed by atoms with Crippen LogP contribution in [0, 0.1) is 13.8 Å². The highest BCUT2D eigenvalue weighted by molar-refractivity contribution is 5.86. The molecule has 0 atom stereocenters. The highest BCUT2D eigenvalue weighted by atomic mass is 15.4. The van der Waals surface area contributed by atoms with Crippen molar-refractivity contribution >= 4 is 10.9 Å². The van der Waals surface area contributed by atoms with Crippen molar-refractivity contribution in [1.29, 1.82) is 0 Å². The Balaban J connectivity index is 2.12. The summed E-state index contributed by atoms with van der Waals surface area (Å²) in [6.07, 6.45) is 1.95. The molecule has 0 aliphatic rings. The van der Waals surface area contributed by atoms with E-state index in [0.717, 1.165) is 17.8 Å². The lowest BCUT2D eigenvalue weighted by Crippen LogP contribution is -2.02. The van der Waals surface area contributed by atoms with Gasteiger partial charge in [0.25, 0.3) is 0 Å². The van der Waals surface area contributed by atoms with Crippen molar-refractivity contribution in [1.82, 2.24) is 19.6 Å². The number of benzene rings is 1. The van der Waals surface area contributed by atoms with E-state index < -0.39 is 0 Å². The van der Waals surface area contributed by atoms with Crippen LogP contribution in [0.1, 0.15) is 22.5 Å². The molecule has 0 radical (unpaired) electrons. The molecule has 3 rings (SSSR count). The molecule has 0 aliphatic carbocycles. The standard InChI is InChI=1S/C15H19N5/c1-10-11(2)20(9-13-8-19(3)18-17-13)15-5-4-12(7-16)6-14(10)15/h4-6,8H,7,9,16H2,1-3H3. The fourth-order valence-corrected chi connectivity index (χ4v) is 2.66. The van der Waals surface area contributed by atoms with Crippen molar-refractivity contribution in [2.45, 2.75) is 26.9 Å². The maximum Gasteiger partial charge on any atom is 0.102 e. The summed E-state index contributed by atoms with van der Waals surface area (Å²) in [5, 5.41) is 9.44. The lowest BCUT2D eigenvalue weighted by Gasteiger charge is -2.06. The molecule has 5 nitrogen and oxygen atoms in total. The molecule has 2 N–H and O–H groups in total. The number of nitrogens with zero attached hydrogens (tertiary/aromatic N) is 4. The topological polar surface area (TPSA) is 61.7 Å². The van der Waals surface area contributed by atoms with E-state index >= 15 is 0 Å². The van der Waals surface area contributed by atoms with Crippen LogP contribution in [-0.2, 0) is 20.1 Å². The van der Waals surface area contributed by atoms with Gasteiger partial charge in [-0.25, -0.2) is 0 Å². The van der Waals surface area contributed by atoms with Gasteiger partial charge in [-0.15, -0.1) is 5.10 Å². The van der Waals surface area contributed by atoms with Crippen molar-refractivity contribution in [3.05, 3.63) is 46.9 Å². The van der Waals surface area contributed by atoms with Crippen LogP contribution in [-0.4, -0.2) is 19.6 Å². The van der Waals surface area contributed by atoms with Gasteiger partial charge in [0, 0.05) is 36.4 Å². The van der Waals surface area contributed by atoms with Crippen molar-refractivity contribution < 1.29 is 0 Å². The van der Waals surface area contributed by atoms with Gasteiger partial charge in [-0.3, -0.25) is 4.68 Å². The first-order chi connectivity index (χ1) is 9.60. The zero-order valence-corrected chi connectivity index (χ0v) is 12.1. The SMILES string of the molecule is Cc1c(C)n(Cc2cn(C)nn2)c2ccc(CN)cc12. The Hall–Kier alpha value is -2.14. The Morgan fingerprint density at radius 3 is 2.70 bits per heavy atom. The van der Waals surface area contributed by atoms with Gasteiger partial charge >= 0.3 is 0 Å². The van der Waals surface area contributed by atoms with E-state index in [2.05, 4.69) is 46.9 Å². The maximum atomic E-state index is 5.73. The van der Waals surface area contributed by atoms with E-state index in [4.69, 9.17) is 5.73 Å². The summed E-state index contributed by atoms with van der Waals surface area (Å²) in [7, 11) is 1.88. The number of aromatic nitrogens is 4. The highest BCUT2D eigenvalue weighted by Crippen LogP contribution is 2.26. The first kappa shape index (κ1) is 12.9. The van der Waals surface area contributed by atoms with Gasteiger partial charge in [0.2, 0.25) is 0 Å². The molecule has 0 saturated carbocycles. The third kappa shape index (κ3) is 2.00. The van der Waals surface area contributed by atoms with Gasteiger partial charge in [-0.1, -0.05) is 11.3 Å². The Morgan fingerprint density at radius 1 is 1.25 bits per heavy atom. The van der Waals surface area contributed by atoms with Crippen LogP contribution in [0.4, 0.5) is 0 Å². The molecule has 0 spiro atoms. The Labute approximate surface area is 118 Å². The summed E-state index contributed by atoms with van der Waals surface area (Å²) >= 11 is 0. The molecule has 20 heavy (non-hydrogen) atoms. The highest BCUT2D eigenvalue weighted by Gasteiger charge is 2.12. The summed E-state index contributed by atoms with van der Waals surface area (Å²) in [4.78, 5) is 0. The molecule has 0 aliphatic heterocycles. The molecule has 3 aromatic rings. The Bertz CT molecular complexity index is 766. The van der Waals surface area contributed by atoms with Crippen molar-refractivity contribution in [2.24, 2.45) is 12.8 Å². The molecule has 2 heterocycles. The largest absolute Gasteiger partial charge is 0.338 e. The Morgan fingerprint density at radius 2 is 2.05 bits per heavy atom. The average molecular weight is 269 g/mol. The van der Waals surface area contributed by atoms with Gasteiger partial charge in [0.1, 0.15) is 5.69 Å². The first-order valence-electron chi connectivity index (χ1n) is 6.73. The molecule has 0 saturated heterocycles. The second-order valence-electron chi connectivity index (χ2n) is 5.24. The van der Waals surface area contributed by atoms with E-state index in [1.807, 2.05) is 13.2 Å². The van der Waals surface area contributed by atoms with Gasteiger partial charge in [-0.2, -0.15) is 0 Å². The number of nitrogens with two attached hydrogens (primary N) is 1. The van der Waals surface area contributed by atoms with Gasteiger partial charge in [0.05, 0.1) is 6.54 Å². The second kappa shape index (κ2) is 4.76. The van der Waals surface area contributed by atoms with Crippen molar-refractivity contribution in [2.75, 3.05) is 0 Å². The average Bonchev–Trinajstić information content (AvgIpc) is 2.96. The predicted molar refractivity (Wildman–Crippen MR) is 79.4 cm³/mol. The van der Waals surface area contributed by atoms with Gasteiger partial charge in [-0.05, 0) is 37.1 Å². The van der Waals surface area contributed by atoms with Crippen LogP contribution >= 0.6 is 0 Å². The molecule has 1 aromatic carbocycles. The molecule has 104 valence electrons. The summed E-state index contributed by atoms with van der Waals surface area (Å²) in [6, 6.07) is 6.42. The quantitative estimate of drug-likeness (QED) is 0.790. The van der Waals surface area contributed by atoms with Gasteiger partial charge < -0.3 is 10.3 Å². The fraction of sp³-hybridized carbons (Fsp3) is 0.333. The third-order valence-electron chi connectivity index (χ3n) is 3.91. The minimum Gasteiger partial charge on any atom is -0.338 e. The zero-order chi connectivity index (χ0) is 14.3. The second-order valence-corrected chi connectivity index (χ2v) is 5.24. The summed E-state index contributed by atoms with van der Waals surface area (Å²) in [5.41, 5.74) is 11.7. The fourth-order valence-electron chi connectivity index (χ4n) is 2.66. The van der Waals surface area contributed by atoms with Crippen molar-refractivity contribution in [3.8, 4) is 0 Å². The summed E-state index contributed by atoms with van der Waals surface area (Å²) < 4.78 is 4.02. The summed E-state index contributed by atoms with van der Waals surface area (Å²) in [5.74, 6) is 0. The number of fused-ring (bicyclic) bond motifs is 1. The van der Waals surface area contributed by atoms with E-state index in [1.54, 1.807) is 4.68 Å². The number of hydrogen-bond acceptors (Lipinski definition) is 3. The summed E-state index contributed by atoms with van der Waals surface area (Å²) in [6.45, 7) is 5.62. The minimum atomic E-state index is 0.573. The molecular weight excluding hydrogens is 250 g/mol. The normalized spacial score (nSPS) is 11.4. The third-order valence-corrected chi connectivity index (χ3v) is 3.91. The number of aryl methyl sites for hydroxylation is 2. The molecule has 2 aromatic heterocycles. The number of rotatable bonds is 3. The molecule has 0 unspecified atom stereocenters. The molecule has 0 bridgehead atoms.